The van der Waals surface area contributed by atoms with Gasteiger partial charge < -0.3 is 25.3 Å². The predicted molar refractivity (Wildman–Crippen MR) is 118 cm³/mol. The summed E-state index contributed by atoms with van der Waals surface area (Å²) in [4.78, 5) is 23.6. The first-order chi connectivity index (χ1) is 15.3. The van der Waals surface area contributed by atoms with Crippen LogP contribution in [0.1, 0.15) is 11.7 Å². The zero-order chi connectivity index (χ0) is 23.0. The van der Waals surface area contributed by atoms with Crippen LogP contribution in [0.25, 0.3) is 22.4 Å². The summed E-state index contributed by atoms with van der Waals surface area (Å²) in [5.41, 5.74) is 7.54. The Morgan fingerprint density at radius 3 is 2.75 bits per heavy atom. The van der Waals surface area contributed by atoms with Crippen LogP contribution in [-0.2, 0) is 4.79 Å². The van der Waals surface area contributed by atoms with E-state index in [1.807, 2.05) is 0 Å². The van der Waals surface area contributed by atoms with Crippen molar-refractivity contribution >= 4 is 46.0 Å². The van der Waals surface area contributed by atoms with Gasteiger partial charge in [-0.2, -0.15) is 0 Å². The normalized spacial score (nSPS) is 12.0. The number of nitrogen functional groups attached to an aromatic ring is 1. The van der Waals surface area contributed by atoms with Crippen LogP contribution in [0.5, 0.6) is 11.5 Å². The van der Waals surface area contributed by atoms with Crippen LogP contribution in [0, 0.1) is 5.82 Å². The van der Waals surface area contributed by atoms with Crippen molar-refractivity contribution in [3.8, 4) is 22.9 Å². The number of methoxy groups -OCH3 is 1. The first-order valence-electron chi connectivity index (χ1n) is 9.11. The van der Waals surface area contributed by atoms with Gasteiger partial charge in [-0.25, -0.2) is 19.2 Å². The van der Waals surface area contributed by atoms with Gasteiger partial charge in [-0.15, -0.1) is 0 Å². The largest absolute Gasteiger partial charge is 0.497 e. The number of nitrogens with zero attached hydrogens (tertiary/aromatic N) is 2. The molecular formula is C21H15Cl2FN4O4. The second-order valence-corrected chi connectivity index (χ2v) is 7.45. The van der Waals surface area contributed by atoms with E-state index in [1.54, 1.807) is 25.3 Å². The van der Waals surface area contributed by atoms with Gasteiger partial charge in [0.05, 0.1) is 23.2 Å². The third-order valence-corrected chi connectivity index (χ3v) is 5.37. The number of aromatic amines is 1. The maximum absolute atomic E-state index is 13.9. The Hall–Kier alpha value is -3.56. The number of hydrogen-bond acceptors (Lipinski definition) is 6. The molecule has 1 unspecified atom stereocenters. The highest BCUT2D eigenvalue weighted by Crippen LogP contribution is 2.37. The number of ether oxygens (including phenoxy) is 2. The zero-order valence-electron chi connectivity index (χ0n) is 16.4. The van der Waals surface area contributed by atoms with Gasteiger partial charge in [-0.05, 0) is 30.3 Å². The van der Waals surface area contributed by atoms with Gasteiger partial charge in [0.25, 0.3) is 0 Å². The number of halogens is 3. The van der Waals surface area contributed by atoms with Crippen LogP contribution in [0.3, 0.4) is 0 Å². The number of carbonyl (C=O) groups is 1. The number of rotatable bonds is 6. The van der Waals surface area contributed by atoms with Crippen LogP contribution in [0.4, 0.5) is 10.2 Å². The Labute approximate surface area is 190 Å². The molecule has 0 spiro atoms. The number of aliphatic carboxylic acids is 1. The van der Waals surface area contributed by atoms with Crippen molar-refractivity contribution in [1.82, 2.24) is 15.0 Å². The molecule has 0 fully saturated rings. The minimum absolute atomic E-state index is 0.0654. The van der Waals surface area contributed by atoms with Crippen molar-refractivity contribution < 1.29 is 23.8 Å². The minimum Gasteiger partial charge on any atom is -0.497 e. The number of carboxylic acid groups (broad SMARTS) is 1. The number of benzene rings is 2. The summed E-state index contributed by atoms with van der Waals surface area (Å²) in [6, 6.07) is 9.02. The summed E-state index contributed by atoms with van der Waals surface area (Å²) in [5.74, 6) is -1.33. The fraction of sp³-hybridized carbons (Fsp3) is 0.0952. The summed E-state index contributed by atoms with van der Waals surface area (Å²) >= 11 is 12.0. The Kier molecular flexibility index (Phi) is 5.77. The number of fused-ring (bicyclic) bond motifs is 1. The molecule has 0 saturated heterocycles. The van der Waals surface area contributed by atoms with E-state index in [4.69, 9.17) is 38.4 Å². The fourth-order valence-electron chi connectivity index (χ4n) is 3.07. The van der Waals surface area contributed by atoms with Crippen molar-refractivity contribution in [2.45, 2.75) is 6.10 Å². The average Bonchev–Trinajstić information content (AvgIpc) is 3.20. The average molecular weight is 477 g/mol. The Balaban J connectivity index is 1.74. The number of pyridine rings is 1. The molecular weight excluding hydrogens is 462 g/mol. The van der Waals surface area contributed by atoms with E-state index < -0.39 is 22.9 Å². The second kappa shape index (κ2) is 8.52. The predicted octanol–water partition coefficient (Wildman–Crippen LogP) is 4.87. The molecule has 1 atom stereocenters. The molecule has 8 nitrogen and oxygen atoms in total. The number of nitrogens with one attached hydrogen (secondary N) is 1. The standard InChI is InChI=1S/C21H15Cl2FN4O4/c1-31-10-2-5-13-14(7-10)28-20(27-13)9-6-15(19(25)26-8-9)32-18(21(29)30)16-11(22)3-4-12(24)17(16)23/h2-8,18H,1H3,(H2,25,26)(H,27,28)(H,29,30). The third-order valence-electron chi connectivity index (χ3n) is 4.65. The fourth-order valence-corrected chi connectivity index (χ4v) is 3.64. The lowest BCUT2D eigenvalue weighted by Gasteiger charge is -2.19. The van der Waals surface area contributed by atoms with E-state index in [0.717, 1.165) is 11.6 Å². The Morgan fingerprint density at radius 1 is 1.25 bits per heavy atom. The maximum atomic E-state index is 13.9. The van der Waals surface area contributed by atoms with Crippen LogP contribution in [-0.4, -0.2) is 33.1 Å². The zero-order valence-corrected chi connectivity index (χ0v) is 17.9. The molecule has 0 bridgehead atoms. The summed E-state index contributed by atoms with van der Waals surface area (Å²) < 4.78 is 24.7. The van der Waals surface area contributed by atoms with Crippen LogP contribution >= 0.6 is 23.2 Å². The number of carboxylic acids is 1. The van der Waals surface area contributed by atoms with E-state index in [1.165, 1.54) is 18.3 Å². The third kappa shape index (κ3) is 4.00. The highest BCUT2D eigenvalue weighted by atomic mass is 35.5. The number of nitrogens with two attached hydrogens (primary N) is 1. The van der Waals surface area contributed by atoms with Crippen molar-refractivity contribution in [2.24, 2.45) is 0 Å². The molecule has 0 saturated carbocycles. The molecule has 0 radical (unpaired) electrons. The lowest BCUT2D eigenvalue weighted by molar-refractivity contribution is -0.145. The number of imidazole rings is 1. The Bertz CT molecular complexity index is 1350. The van der Waals surface area contributed by atoms with E-state index in [-0.39, 0.29) is 22.2 Å². The molecule has 164 valence electrons. The topological polar surface area (TPSA) is 123 Å². The molecule has 0 aliphatic carbocycles. The Morgan fingerprint density at radius 2 is 2.03 bits per heavy atom. The van der Waals surface area contributed by atoms with Crippen molar-refractivity contribution in [3.05, 3.63) is 64.0 Å². The van der Waals surface area contributed by atoms with E-state index in [0.29, 0.717) is 22.7 Å². The van der Waals surface area contributed by atoms with Crippen molar-refractivity contribution in [3.63, 3.8) is 0 Å². The van der Waals surface area contributed by atoms with E-state index in [9.17, 15) is 14.3 Å². The van der Waals surface area contributed by atoms with Crippen molar-refractivity contribution in [2.75, 3.05) is 12.8 Å². The molecule has 4 aromatic rings. The smallest absolute Gasteiger partial charge is 0.349 e. The van der Waals surface area contributed by atoms with Gasteiger partial charge in [-0.1, -0.05) is 23.2 Å². The van der Waals surface area contributed by atoms with Gasteiger partial charge in [0.1, 0.15) is 17.4 Å². The van der Waals surface area contributed by atoms with Crippen LogP contribution in [0.15, 0.2) is 42.6 Å². The monoisotopic (exact) mass is 476 g/mol. The molecule has 4 rings (SSSR count). The van der Waals surface area contributed by atoms with Crippen molar-refractivity contribution in [1.29, 1.82) is 0 Å². The van der Waals surface area contributed by atoms with E-state index >= 15 is 0 Å². The molecule has 0 amide bonds. The molecule has 0 aliphatic heterocycles. The highest BCUT2D eigenvalue weighted by Gasteiger charge is 2.30. The molecule has 11 heteroatoms. The van der Waals surface area contributed by atoms with E-state index in [2.05, 4.69) is 15.0 Å². The highest BCUT2D eigenvalue weighted by molar-refractivity contribution is 6.36. The number of hydrogen-bond donors (Lipinski definition) is 3. The van der Waals surface area contributed by atoms with Gasteiger partial charge >= 0.3 is 5.97 Å². The van der Waals surface area contributed by atoms with Crippen LogP contribution < -0.4 is 15.2 Å². The van der Waals surface area contributed by atoms with Gasteiger partial charge in [0.2, 0.25) is 6.10 Å². The summed E-state index contributed by atoms with van der Waals surface area (Å²) in [7, 11) is 1.56. The molecule has 0 aliphatic rings. The van der Waals surface area contributed by atoms with Gasteiger partial charge in [0.15, 0.2) is 11.6 Å². The second-order valence-electron chi connectivity index (χ2n) is 6.67. The number of aromatic nitrogens is 3. The quantitative estimate of drug-likeness (QED) is 0.339. The van der Waals surface area contributed by atoms with Crippen LogP contribution in [0.2, 0.25) is 10.0 Å². The molecule has 2 aromatic heterocycles. The number of H-pyrrole nitrogens is 1. The lowest BCUT2D eigenvalue weighted by atomic mass is 10.1. The first kappa shape index (κ1) is 21.7. The first-order valence-corrected chi connectivity index (χ1v) is 9.86. The summed E-state index contributed by atoms with van der Waals surface area (Å²) in [5, 5.41) is 9.16. The van der Waals surface area contributed by atoms with Gasteiger partial charge in [0, 0.05) is 28.4 Å². The molecule has 2 aromatic carbocycles. The molecule has 32 heavy (non-hydrogen) atoms. The van der Waals surface area contributed by atoms with Gasteiger partial charge in [-0.3, -0.25) is 0 Å². The molecule has 2 heterocycles. The molecule has 4 N–H and O–H groups in total. The minimum atomic E-state index is -1.73. The summed E-state index contributed by atoms with van der Waals surface area (Å²) in [6.45, 7) is 0. The number of anilines is 1. The lowest BCUT2D eigenvalue weighted by Crippen LogP contribution is -2.20. The maximum Gasteiger partial charge on any atom is 0.349 e. The summed E-state index contributed by atoms with van der Waals surface area (Å²) in [6.07, 6.45) is -0.278. The SMILES string of the molecule is COc1ccc2nc(-c3cnc(N)c(OC(C(=O)O)c4c(Cl)ccc(F)c4Cl)c3)[nH]c2c1.